The van der Waals surface area contributed by atoms with E-state index in [0.29, 0.717) is 13.0 Å². The lowest BCUT2D eigenvalue weighted by Crippen LogP contribution is -2.54. The quantitative estimate of drug-likeness (QED) is 0.714. The number of alkyl carbamates (subject to hydrolysis) is 1. The summed E-state index contributed by atoms with van der Waals surface area (Å²) in [6.45, 7) is 11.4. The second kappa shape index (κ2) is 8.91. The molecule has 1 heterocycles. The Labute approximate surface area is 158 Å². The monoisotopic (exact) mass is 367 g/mol. The van der Waals surface area contributed by atoms with Crippen LogP contribution in [0, 0.1) is 5.92 Å². The van der Waals surface area contributed by atoms with Gasteiger partial charge in [0.05, 0.1) is 0 Å². The van der Waals surface area contributed by atoms with E-state index in [1.807, 2.05) is 13.8 Å². The summed E-state index contributed by atoms with van der Waals surface area (Å²) in [5.74, 6) is -0.135. The van der Waals surface area contributed by atoms with Gasteiger partial charge in [-0.25, -0.2) is 4.79 Å². The molecule has 0 aromatic rings. The van der Waals surface area contributed by atoms with Crippen molar-refractivity contribution in [1.29, 1.82) is 0 Å². The number of hydrogen-bond donors (Lipinski definition) is 2. The lowest BCUT2D eigenvalue weighted by molar-refractivity contribution is -0.139. The van der Waals surface area contributed by atoms with Gasteiger partial charge in [0.2, 0.25) is 11.8 Å². The highest BCUT2D eigenvalue weighted by Gasteiger charge is 2.37. The molecule has 0 aliphatic carbocycles. The molecule has 0 bridgehead atoms. The first-order valence-corrected chi connectivity index (χ1v) is 9.45. The average molecular weight is 367 g/mol. The average Bonchev–Trinajstić information content (AvgIpc) is 2.93. The van der Waals surface area contributed by atoms with Gasteiger partial charge < -0.3 is 20.3 Å². The summed E-state index contributed by atoms with van der Waals surface area (Å²) in [6, 6.07) is -1.24. The van der Waals surface area contributed by atoms with Crippen molar-refractivity contribution in [3.8, 4) is 0 Å². The van der Waals surface area contributed by atoms with Crippen LogP contribution in [0.25, 0.3) is 0 Å². The van der Waals surface area contributed by atoms with Gasteiger partial charge in [-0.05, 0) is 51.4 Å². The predicted octanol–water partition coefficient (Wildman–Crippen LogP) is 1.16. The highest BCUT2D eigenvalue weighted by molar-refractivity contribution is 6.13. The molecule has 1 saturated heterocycles. The zero-order chi connectivity index (χ0) is 19.4. The van der Waals surface area contributed by atoms with Crippen LogP contribution in [0.4, 0.5) is 4.79 Å². The maximum atomic E-state index is 12.7. The summed E-state index contributed by atoms with van der Waals surface area (Å²) in [5.41, 5.74) is -0.631. The van der Waals surface area contributed by atoms with Crippen LogP contribution in [0.5, 0.6) is 0 Å². The Morgan fingerprint density at radius 1 is 1.16 bits per heavy atom. The fourth-order valence-electron chi connectivity index (χ4n) is 2.53. The number of hydrogen-bond acceptors (Lipinski definition) is 4. The standard InChI is InChI=1S/C17H30N3O4.Al/c1-11(2)10-18-14(21)13-8-7-9-20(13)15(22)12(3)19-16(23)24-17(4,5)6;/h10-13H,7-9H2,1-6H3,(H,18,21)(H,19,23);/t12-,13-;/m0./s1. The zero-order valence-corrected chi connectivity index (χ0v) is 17.2. The van der Waals surface area contributed by atoms with Gasteiger partial charge in [-0.2, -0.15) is 0 Å². The molecular formula is C17H30AlN3O4. The summed E-state index contributed by atoms with van der Waals surface area (Å²) in [4.78, 5) is 38.5. The number of carbonyl (C=O) groups excluding carboxylic acids is 3. The molecule has 2 N–H and O–H groups in total. The Kier molecular flexibility index (Phi) is 7.76. The Hall–Kier alpha value is -1.26. The van der Waals surface area contributed by atoms with Gasteiger partial charge in [0, 0.05) is 6.54 Å². The van der Waals surface area contributed by atoms with Crippen molar-refractivity contribution in [2.75, 3.05) is 6.54 Å². The Morgan fingerprint density at radius 3 is 2.28 bits per heavy atom. The molecule has 3 atom stereocenters. The minimum absolute atomic E-state index is 0.0395. The number of likely N-dealkylation sites (tertiary alicyclic amines) is 1. The minimum Gasteiger partial charge on any atom is -0.444 e. The number of rotatable bonds is 5. The zero-order valence-electron chi connectivity index (χ0n) is 16.1. The van der Waals surface area contributed by atoms with E-state index >= 15 is 0 Å². The largest absolute Gasteiger partial charge is 0.444 e. The fourth-order valence-corrected chi connectivity index (χ4v) is 2.69. The van der Waals surface area contributed by atoms with E-state index in [1.165, 1.54) is 0 Å². The number of carbonyl (C=O) groups is 3. The van der Waals surface area contributed by atoms with Gasteiger partial charge in [0.1, 0.15) is 17.7 Å². The van der Waals surface area contributed by atoms with Crippen molar-refractivity contribution in [1.82, 2.24) is 15.5 Å². The Bertz CT molecular complexity index is 505. The predicted molar refractivity (Wildman–Crippen MR) is 96.1 cm³/mol. The maximum Gasteiger partial charge on any atom is 0.408 e. The van der Waals surface area contributed by atoms with Gasteiger partial charge in [0.25, 0.3) is 0 Å². The van der Waals surface area contributed by atoms with E-state index in [1.54, 1.807) is 32.6 Å². The van der Waals surface area contributed by atoms with Crippen molar-refractivity contribution in [2.24, 2.45) is 5.92 Å². The lowest BCUT2D eigenvalue weighted by atomic mass is 10.1. The van der Waals surface area contributed by atoms with Crippen LogP contribution in [-0.4, -0.2) is 68.2 Å². The van der Waals surface area contributed by atoms with Crippen molar-refractivity contribution >= 4 is 34.2 Å². The third-order valence-corrected chi connectivity index (χ3v) is 4.91. The molecule has 1 aliphatic heterocycles. The lowest BCUT2D eigenvalue weighted by Gasteiger charge is -2.29. The van der Waals surface area contributed by atoms with Crippen molar-refractivity contribution < 1.29 is 19.1 Å². The first-order valence-electron chi connectivity index (χ1n) is 8.78. The molecule has 1 aliphatic rings. The van der Waals surface area contributed by atoms with Crippen molar-refractivity contribution in [3.05, 3.63) is 0 Å². The third kappa shape index (κ3) is 6.87. The molecule has 0 unspecified atom stereocenters. The SMILES string of the molecule is CC(C)[C@@H]([Al])NC(=O)[C@@H]1CCCN1C(=O)[C@H](C)NC(=O)OC(C)(C)C. The first kappa shape index (κ1) is 21.8. The molecule has 1 fully saturated rings. The summed E-state index contributed by atoms with van der Waals surface area (Å²) >= 11 is 2.61. The van der Waals surface area contributed by atoms with Crippen LogP contribution >= 0.6 is 0 Å². The minimum atomic E-state index is -0.750. The van der Waals surface area contributed by atoms with Gasteiger partial charge in [0.15, 0.2) is 16.3 Å². The molecule has 140 valence electrons. The molecule has 1 rings (SSSR count). The van der Waals surface area contributed by atoms with Gasteiger partial charge >= 0.3 is 6.09 Å². The van der Waals surface area contributed by atoms with E-state index in [9.17, 15) is 14.4 Å². The fraction of sp³-hybridized carbons (Fsp3) is 0.824. The van der Waals surface area contributed by atoms with Crippen LogP contribution < -0.4 is 10.6 Å². The van der Waals surface area contributed by atoms with Crippen molar-refractivity contribution in [3.63, 3.8) is 0 Å². The van der Waals surface area contributed by atoms with Gasteiger partial charge in [-0.3, -0.25) is 9.59 Å². The molecular weight excluding hydrogens is 337 g/mol. The number of nitrogens with one attached hydrogen (secondary N) is 2. The normalized spacial score (nSPS) is 20.1. The molecule has 0 saturated carbocycles. The molecule has 0 aromatic carbocycles. The van der Waals surface area contributed by atoms with Gasteiger partial charge in [-0.15, -0.1) is 0 Å². The highest BCUT2D eigenvalue weighted by atomic mass is 27.0. The van der Waals surface area contributed by atoms with E-state index in [4.69, 9.17) is 4.74 Å². The summed E-state index contributed by atoms with van der Waals surface area (Å²) < 4.78 is 5.17. The first-order chi connectivity index (χ1) is 11.4. The highest BCUT2D eigenvalue weighted by Crippen LogP contribution is 2.19. The van der Waals surface area contributed by atoms with Crippen LogP contribution in [0.1, 0.15) is 54.4 Å². The topological polar surface area (TPSA) is 87.7 Å². The summed E-state index contributed by atoms with van der Waals surface area (Å²) in [7, 11) is 0. The summed E-state index contributed by atoms with van der Waals surface area (Å²) in [5, 5.41) is 5.48. The number of amides is 3. The smallest absolute Gasteiger partial charge is 0.408 e. The molecule has 2 radical (unpaired) electrons. The Morgan fingerprint density at radius 2 is 1.76 bits per heavy atom. The summed E-state index contributed by atoms with van der Waals surface area (Å²) in [6.07, 6.45) is 0.761. The number of ether oxygens (including phenoxy) is 1. The molecule has 8 heteroatoms. The van der Waals surface area contributed by atoms with Crippen LogP contribution in [0.3, 0.4) is 0 Å². The van der Waals surface area contributed by atoms with Crippen LogP contribution in [0.2, 0.25) is 0 Å². The van der Waals surface area contributed by atoms with Crippen LogP contribution in [0.15, 0.2) is 0 Å². The molecule has 25 heavy (non-hydrogen) atoms. The Balaban J connectivity index is 2.66. The molecule has 0 spiro atoms. The van der Waals surface area contributed by atoms with Crippen molar-refractivity contribution in [2.45, 2.75) is 77.0 Å². The number of nitrogens with zero attached hydrogens (tertiary/aromatic N) is 1. The molecule has 7 nitrogen and oxygen atoms in total. The van der Waals surface area contributed by atoms with E-state index < -0.39 is 23.8 Å². The second-order valence-electron chi connectivity index (χ2n) is 7.84. The third-order valence-electron chi connectivity index (χ3n) is 3.97. The van der Waals surface area contributed by atoms with E-state index in [-0.39, 0.29) is 22.6 Å². The van der Waals surface area contributed by atoms with Gasteiger partial charge in [-0.1, -0.05) is 13.8 Å². The molecule has 0 aromatic heterocycles. The maximum absolute atomic E-state index is 12.7. The molecule has 3 amide bonds. The van der Waals surface area contributed by atoms with Crippen LogP contribution in [-0.2, 0) is 14.3 Å². The second-order valence-corrected chi connectivity index (χ2v) is 8.55. The van der Waals surface area contributed by atoms with E-state index in [0.717, 1.165) is 6.42 Å². The van der Waals surface area contributed by atoms with E-state index in [2.05, 4.69) is 26.9 Å².